The van der Waals surface area contributed by atoms with Gasteiger partial charge in [-0.05, 0) is 124 Å². The topological polar surface area (TPSA) is 59.7 Å². The van der Waals surface area contributed by atoms with Gasteiger partial charge in [-0.3, -0.25) is 0 Å². The second-order valence-corrected chi connectivity index (χ2v) is 15.9. The fourth-order valence-corrected chi connectivity index (χ4v) is 8.12. The van der Waals surface area contributed by atoms with E-state index >= 15 is 0 Å². The lowest BCUT2D eigenvalue weighted by Gasteiger charge is -2.10. The molecule has 71 heavy (non-hydrogen) atoms. The third-order valence-electron chi connectivity index (χ3n) is 11.2. The summed E-state index contributed by atoms with van der Waals surface area (Å²) >= 11 is 0. The molecule has 4 heteroatoms. The molecule has 5 aromatic carbocycles. The molecule has 0 aliphatic rings. The molecule has 354 valence electrons. The van der Waals surface area contributed by atoms with Crippen LogP contribution in [-0.4, -0.2) is 15.9 Å². The third-order valence-corrected chi connectivity index (χ3v) is 11.2. The van der Waals surface area contributed by atoms with E-state index in [1.54, 1.807) is 12.2 Å². The summed E-state index contributed by atoms with van der Waals surface area (Å²) in [7, 11) is 0. The molecule has 2 heterocycles. The predicted molar refractivity (Wildman–Crippen MR) is 316 cm³/mol. The monoisotopic (exact) mass is 927 g/mol. The predicted octanol–water partition coefficient (Wildman–Crippen LogP) is 16.4. The van der Waals surface area contributed by atoms with Crippen LogP contribution in [0.25, 0.3) is 72.9 Å². The second-order valence-electron chi connectivity index (χ2n) is 15.9. The van der Waals surface area contributed by atoms with E-state index in [1.165, 1.54) is 50.1 Å². The highest BCUT2D eigenvalue weighted by atomic mass is 15.0. The third kappa shape index (κ3) is 14.3. The van der Waals surface area contributed by atoms with Gasteiger partial charge in [0.2, 0.25) is 0 Å². The van der Waals surface area contributed by atoms with E-state index in [4.69, 9.17) is 11.1 Å². The molecule has 0 radical (unpaired) electrons. The first-order chi connectivity index (χ1) is 35.0. The number of aryl methyl sites for hydroxylation is 1. The van der Waals surface area contributed by atoms with Crippen molar-refractivity contribution < 1.29 is 0 Å². The Morgan fingerprint density at radius 2 is 1.13 bits per heavy atom. The molecule has 0 saturated heterocycles. The summed E-state index contributed by atoms with van der Waals surface area (Å²) in [6.07, 6.45) is 51.7. The van der Waals surface area contributed by atoms with E-state index in [1.807, 2.05) is 98.1 Å². The Hall–Kier alpha value is -8.99. The zero-order valence-electron chi connectivity index (χ0n) is 41.6. The SMILES string of the molecule is C/C=C/C=C\C=C/C=C/C=C/C=C\C=C/N.C=C/C=c1\c(=C/C)n(C(/C=C\C)=C/C=C(\C=C/C=C/C=C)c2cccc(C)c2)c2ccc(-c3ccc4c(c3)c3ccccc3n4-c3ccccc3)cc12.C=N. The minimum absolute atomic E-state index is 1.07. The lowest BCUT2D eigenvalue weighted by atomic mass is 10.0. The minimum atomic E-state index is 1.07. The highest BCUT2D eigenvalue weighted by Crippen LogP contribution is 2.35. The number of nitrogens with two attached hydrogens (primary N) is 1. The Balaban J connectivity index is 0.000000446. The molecule has 3 N–H and O–H groups in total. The van der Waals surface area contributed by atoms with Crippen molar-refractivity contribution in [3.05, 3.63) is 296 Å². The normalized spacial score (nSPS) is 13.4. The van der Waals surface area contributed by atoms with Crippen molar-refractivity contribution in [1.29, 1.82) is 5.41 Å². The van der Waals surface area contributed by atoms with E-state index in [9.17, 15) is 0 Å². The number of fused-ring (bicyclic) bond motifs is 4. The molecule has 7 rings (SSSR count). The summed E-state index contributed by atoms with van der Waals surface area (Å²) in [5.74, 6) is 0. The van der Waals surface area contributed by atoms with Crippen molar-refractivity contribution in [3.8, 4) is 16.8 Å². The van der Waals surface area contributed by atoms with Gasteiger partial charge in [0.05, 0.1) is 16.6 Å². The first-order valence-electron chi connectivity index (χ1n) is 23.8. The molecule has 0 atom stereocenters. The number of benzene rings is 5. The van der Waals surface area contributed by atoms with Crippen molar-refractivity contribution in [2.24, 2.45) is 5.73 Å². The van der Waals surface area contributed by atoms with Gasteiger partial charge in [0.25, 0.3) is 0 Å². The van der Waals surface area contributed by atoms with Gasteiger partial charge in [-0.25, -0.2) is 0 Å². The van der Waals surface area contributed by atoms with Crippen molar-refractivity contribution in [1.82, 2.24) is 9.13 Å². The molecule has 4 nitrogen and oxygen atoms in total. The number of allylic oxidation sites excluding steroid dienone is 25. The Bertz CT molecular complexity index is 3380. The molecule has 0 spiro atoms. The quantitative estimate of drug-likeness (QED) is 0.0736. The van der Waals surface area contributed by atoms with E-state index < -0.39 is 0 Å². The Morgan fingerprint density at radius 1 is 0.521 bits per heavy atom. The first kappa shape index (κ1) is 53.0. The van der Waals surface area contributed by atoms with Crippen LogP contribution in [-0.2, 0) is 0 Å². The standard InChI is InChI=1S/C51H44N2.C15H19N.CH3N/c1-6-10-11-13-22-38(39-23-18-21-37(5)34-39)28-31-42(19-7-2)52-48(9-4)44(20-8-3)46-35-40(29-32-50(46)52)41-30-33-51-47(36-41)45-26-16-17-27-49(45)53(51)43-24-14-12-15-25-43;1-2-3-4-5-6-7-8-9-10-11-12-13-14-15-16;1-2/h6-36H,1,3H2,2,4-5H3;2-15H,16H2,1H3;2H,1H2/b11-10+,19-7-,22-13-,38-28+,42-31+,44-20-,48-9+;3-2+,5-4-,7-6-,9-8+,11-10+,13-12-,15-14-;. The lowest BCUT2D eigenvalue weighted by molar-refractivity contribution is 1.11. The zero-order valence-corrected chi connectivity index (χ0v) is 41.6. The summed E-state index contributed by atoms with van der Waals surface area (Å²) in [4.78, 5) is 0. The maximum Gasteiger partial charge on any atom is 0.0541 e. The maximum atomic E-state index is 5.50. The number of hydrogen-bond donors (Lipinski definition) is 2. The van der Waals surface area contributed by atoms with Gasteiger partial charge in [0, 0.05) is 38.1 Å². The van der Waals surface area contributed by atoms with E-state index in [0.29, 0.717) is 0 Å². The Morgan fingerprint density at radius 3 is 1.75 bits per heavy atom. The molecular formula is C67H66N4. The molecule has 0 aliphatic carbocycles. The van der Waals surface area contributed by atoms with Crippen molar-refractivity contribution in [2.45, 2.75) is 27.7 Å². The summed E-state index contributed by atoms with van der Waals surface area (Å²) in [5.41, 5.74) is 16.8. The molecule has 0 fully saturated rings. The summed E-state index contributed by atoms with van der Waals surface area (Å²) in [5, 5.41) is 11.4. The fraction of sp³-hybridized carbons (Fsp3) is 0.0597. The number of hydrogen-bond acceptors (Lipinski definition) is 2. The van der Waals surface area contributed by atoms with E-state index in [-0.39, 0.29) is 0 Å². The molecule has 0 bridgehead atoms. The van der Waals surface area contributed by atoms with Crippen LogP contribution in [0.2, 0.25) is 0 Å². The van der Waals surface area contributed by atoms with Crippen molar-refractivity contribution in [2.75, 3.05) is 0 Å². The highest BCUT2D eigenvalue weighted by Gasteiger charge is 2.15. The molecule has 7 aromatic rings. The van der Waals surface area contributed by atoms with Crippen LogP contribution >= 0.6 is 0 Å². The van der Waals surface area contributed by atoms with Crippen molar-refractivity contribution in [3.63, 3.8) is 0 Å². The zero-order chi connectivity index (χ0) is 50.6. The molecule has 0 saturated carbocycles. The van der Waals surface area contributed by atoms with E-state index in [2.05, 4.69) is 214 Å². The van der Waals surface area contributed by atoms with Crippen LogP contribution in [0.15, 0.2) is 274 Å². The number of aromatic nitrogens is 2. The number of nitrogens with zero attached hydrogens (tertiary/aromatic N) is 2. The van der Waals surface area contributed by atoms with Gasteiger partial charge in [0.1, 0.15) is 0 Å². The number of para-hydroxylation sites is 2. The van der Waals surface area contributed by atoms with Crippen LogP contribution in [0.5, 0.6) is 0 Å². The largest absolute Gasteiger partial charge is 0.405 e. The molecular weight excluding hydrogens is 861 g/mol. The van der Waals surface area contributed by atoms with Gasteiger partial charge in [-0.2, -0.15) is 0 Å². The minimum Gasteiger partial charge on any atom is -0.405 e. The molecule has 0 amide bonds. The Labute approximate surface area is 421 Å². The average molecular weight is 927 g/mol. The summed E-state index contributed by atoms with van der Waals surface area (Å²) in [6, 6.07) is 41.6. The van der Waals surface area contributed by atoms with Gasteiger partial charge < -0.3 is 20.3 Å². The van der Waals surface area contributed by atoms with Crippen LogP contribution < -0.4 is 16.3 Å². The molecule has 0 unspecified atom stereocenters. The lowest BCUT2D eigenvalue weighted by Crippen LogP contribution is -2.28. The smallest absolute Gasteiger partial charge is 0.0541 e. The van der Waals surface area contributed by atoms with Crippen LogP contribution in [0, 0.1) is 12.3 Å². The maximum absolute atomic E-state index is 5.50. The van der Waals surface area contributed by atoms with Gasteiger partial charge in [-0.15, -0.1) is 0 Å². The second kappa shape index (κ2) is 29.0. The van der Waals surface area contributed by atoms with Gasteiger partial charge in [0.15, 0.2) is 0 Å². The number of nitrogens with one attached hydrogen (secondary N) is 1. The Kier molecular flexibility index (Phi) is 21.7. The first-order valence-corrected chi connectivity index (χ1v) is 23.8. The molecule has 2 aromatic heterocycles. The van der Waals surface area contributed by atoms with E-state index in [0.717, 1.165) is 38.6 Å². The van der Waals surface area contributed by atoms with Crippen LogP contribution in [0.3, 0.4) is 0 Å². The van der Waals surface area contributed by atoms with Crippen LogP contribution in [0.1, 0.15) is 31.9 Å². The summed E-state index contributed by atoms with van der Waals surface area (Å²) < 4.78 is 4.72. The average Bonchev–Trinajstić information content (AvgIpc) is 3.90. The molecule has 0 aliphatic heterocycles. The van der Waals surface area contributed by atoms with Crippen LogP contribution in [0.4, 0.5) is 0 Å². The fourth-order valence-electron chi connectivity index (χ4n) is 8.12. The van der Waals surface area contributed by atoms with Crippen molar-refractivity contribution >= 4 is 62.8 Å². The van der Waals surface area contributed by atoms with Gasteiger partial charge in [-0.1, -0.05) is 225 Å². The summed E-state index contributed by atoms with van der Waals surface area (Å²) in [6.45, 7) is 18.7. The number of rotatable bonds is 16. The highest BCUT2D eigenvalue weighted by molar-refractivity contribution is 6.10. The van der Waals surface area contributed by atoms with Gasteiger partial charge >= 0.3 is 0 Å².